The number of ether oxygens (including phenoxy) is 5. The molecule has 14 heteroatoms. The van der Waals surface area contributed by atoms with Gasteiger partial charge in [0.25, 0.3) is 5.79 Å². The Morgan fingerprint density at radius 3 is 2.21 bits per heavy atom. The maximum absolute atomic E-state index is 12.4. The van der Waals surface area contributed by atoms with E-state index in [1.807, 2.05) is 13.8 Å². The number of hydrogen-bond acceptors (Lipinski definition) is 12. The van der Waals surface area contributed by atoms with Crippen molar-refractivity contribution >= 4 is 11.9 Å². The zero-order chi connectivity index (χ0) is 29.2. The quantitative estimate of drug-likeness (QED) is 0.104. The lowest BCUT2D eigenvalue weighted by atomic mass is 9.88. The van der Waals surface area contributed by atoms with Gasteiger partial charge >= 0.3 is 5.97 Å². The maximum Gasteiger partial charge on any atom is 0.364 e. The Hall–Kier alpha value is -1.46. The number of rotatable bonds is 16. The Kier molecular flexibility index (Phi) is 13.9. The third-order valence-electron chi connectivity index (χ3n) is 6.83. The average Bonchev–Trinajstić information content (AvgIpc) is 2.89. The molecule has 228 valence electrons. The second-order valence-electron chi connectivity index (χ2n) is 10.0. The highest BCUT2D eigenvalue weighted by Crippen LogP contribution is 2.34. The van der Waals surface area contributed by atoms with E-state index in [9.17, 15) is 40.2 Å². The van der Waals surface area contributed by atoms with Gasteiger partial charge in [-0.15, -0.1) is 0 Å². The molecule has 2 fully saturated rings. The first kappa shape index (κ1) is 33.7. The van der Waals surface area contributed by atoms with E-state index in [1.165, 1.54) is 0 Å². The summed E-state index contributed by atoms with van der Waals surface area (Å²) in [7, 11) is 0. The minimum absolute atomic E-state index is 0.114. The molecule has 39 heavy (non-hydrogen) atoms. The molecule has 0 aliphatic carbocycles. The summed E-state index contributed by atoms with van der Waals surface area (Å²) >= 11 is 0. The predicted octanol–water partition coefficient (Wildman–Crippen LogP) is -1.72. The summed E-state index contributed by atoms with van der Waals surface area (Å²) in [5.41, 5.74) is 0. The molecule has 0 bridgehead atoms. The molecular formula is C25H45NO13. The Morgan fingerprint density at radius 1 is 1.05 bits per heavy atom. The number of carbonyl (C=O) groups is 2. The van der Waals surface area contributed by atoms with Crippen LogP contribution in [0.3, 0.4) is 0 Å². The molecule has 2 aliphatic heterocycles. The molecule has 14 nitrogen and oxygen atoms in total. The van der Waals surface area contributed by atoms with Crippen molar-refractivity contribution in [2.75, 3.05) is 33.0 Å². The summed E-state index contributed by atoms with van der Waals surface area (Å²) in [4.78, 5) is 24.1. The van der Waals surface area contributed by atoms with E-state index in [1.54, 1.807) is 0 Å². The smallest absolute Gasteiger partial charge is 0.364 e. The van der Waals surface area contributed by atoms with E-state index >= 15 is 0 Å². The lowest BCUT2D eigenvalue weighted by Gasteiger charge is -2.47. The molecule has 6 unspecified atom stereocenters. The van der Waals surface area contributed by atoms with Crippen molar-refractivity contribution in [2.24, 2.45) is 0 Å². The Bertz CT molecular complexity index is 757. The summed E-state index contributed by atoms with van der Waals surface area (Å²) in [6.45, 7) is 4.45. The minimum Gasteiger partial charge on any atom is -0.477 e. The van der Waals surface area contributed by atoms with Gasteiger partial charge in [-0.25, -0.2) is 4.79 Å². The van der Waals surface area contributed by atoms with Gasteiger partial charge in [0, 0.05) is 26.6 Å². The monoisotopic (exact) mass is 567 g/mol. The number of nitrogens with one attached hydrogen (secondary N) is 1. The number of amides is 1. The summed E-state index contributed by atoms with van der Waals surface area (Å²) < 4.78 is 29.1. The minimum atomic E-state index is -2.51. The number of aliphatic carboxylic acids is 1. The highest BCUT2D eigenvalue weighted by molar-refractivity contribution is 5.76. The van der Waals surface area contributed by atoms with Crippen molar-refractivity contribution in [1.29, 1.82) is 0 Å². The Morgan fingerprint density at radius 2 is 1.67 bits per heavy atom. The van der Waals surface area contributed by atoms with E-state index in [-0.39, 0.29) is 6.61 Å². The van der Waals surface area contributed by atoms with Gasteiger partial charge in [-0.2, -0.15) is 0 Å². The van der Waals surface area contributed by atoms with Crippen LogP contribution in [0.15, 0.2) is 0 Å². The van der Waals surface area contributed by atoms with E-state index < -0.39 is 92.2 Å². The van der Waals surface area contributed by atoms with Gasteiger partial charge in [0.1, 0.15) is 42.7 Å². The first-order valence-corrected chi connectivity index (χ1v) is 13.5. The fourth-order valence-corrected chi connectivity index (χ4v) is 4.61. The van der Waals surface area contributed by atoms with Crippen LogP contribution in [0.4, 0.5) is 0 Å². The van der Waals surface area contributed by atoms with Crippen molar-refractivity contribution in [3.63, 3.8) is 0 Å². The van der Waals surface area contributed by atoms with Crippen molar-refractivity contribution in [1.82, 2.24) is 5.32 Å². The fraction of sp³-hybridized carbons (Fsp3) is 0.920. The van der Waals surface area contributed by atoms with Crippen LogP contribution < -0.4 is 5.32 Å². The lowest BCUT2D eigenvalue weighted by Crippen LogP contribution is -2.68. The van der Waals surface area contributed by atoms with Gasteiger partial charge in [-0.1, -0.05) is 26.7 Å². The zero-order valence-electron chi connectivity index (χ0n) is 22.8. The molecule has 0 radical (unpaired) electrons. The van der Waals surface area contributed by atoms with Crippen LogP contribution in [0, 0.1) is 0 Å². The van der Waals surface area contributed by atoms with Crippen molar-refractivity contribution < 1.29 is 63.9 Å². The van der Waals surface area contributed by atoms with Gasteiger partial charge in [-0.05, 0) is 12.8 Å². The number of aliphatic hydroxyl groups excluding tert-OH is 5. The van der Waals surface area contributed by atoms with Crippen LogP contribution in [0.5, 0.6) is 0 Å². The first-order chi connectivity index (χ1) is 18.5. The average molecular weight is 568 g/mol. The van der Waals surface area contributed by atoms with Crippen molar-refractivity contribution in [3.05, 3.63) is 0 Å². The summed E-state index contributed by atoms with van der Waals surface area (Å²) in [6, 6.07) is -1.31. The second kappa shape index (κ2) is 16.1. The van der Waals surface area contributed by atoms with Crippen LogP contribution in [-0.2, 0) is 33.3 Å². The number of hydrogen-bond donors (Lipinski definition) is 7. The van der Waals surface area contributed by atoms with Crippen LogP contribution in [0.2, 0.25) is 0 Å². The molecule has 10 atom stereocenters. The van der Waals surface area contributed by atoms with Gasteiger partial charge in [0.2, 0.25) is 5.91 Å². The fourth-order valence-electron chi connectivity index (χ4n) is 4.61. The first-order valence-electron chi connectivity index (χ1n) is 13.5. The summed E-state index contributed by atoms with van der Waals surface area (Å²) in [5, 5.41) is 63.7. The van der Waals surface area contributed by atoms with Gasteiger partial charge in [-0.3, -0.25) is 4.79 Å². The molecular weight excluding hydrogens is 522 g/mol. The topological polar surface area (TPSA) is 214 Å². The predicted molar refractivity (Wildman–Crippen MR) is 134 cm³/mol. The number of unbranched alkanes of at least 4 members (excludes halogenated alkanes) is 2. The van der Waals surface area contributed by atoms with E-state index in [0.29, 0.717) is 13.2 Å². The summed E-state index contributed by atoms with van der Waals surface area (Å²) in [5.74, 6) is -4.74. The molecule has 2 aliphatic rings. The molecule has 7 N–H and O–H groups in total. The molecule has 0 saturated carbocycles. The normalized spacial score (nSPS) is 34.8. The highest BCUT2D eigenvalue weighted by Gasteiger charge is 2.56. The molecule has 2 heterocycles. The Labute approximate surface area is 228 Å². The van der Waals surface area contributed by atoms with E-state index in [2.05, 4.69) is 5.32 Å². The molecule has 0 aromatic carbocycles. The molecule has 0 aromatic heterocycles. The lowest BCUT2D eigenvalue weighted by molar-refractivity contribution is -0.323. The van der Waals surface area contributed by atoms with Crippen molar-refractivity contribution in [3.8, 4) is 0 Å². The number of carboxylic acids is 1. The Balaban J connectivity index is 2.29. The SMILES string of the molecule is CCCCOC1C(O)COC(COC2(C(=O)O)CC(O)C(NC(C)=O)[C@H]([C@H](O)[C@H](O)CO)O2)[C@H]1OCCCC. The van der Waals surface area contributed by atoms with Gasteiger partial charge < -0.3 is 59.6 Å². The number of aliphatic hydroxyl groups is 5. The zero-order valence-corrected chi connectivity index (χ0v) is 22.8. The number of carboxylic acid groups (broad SMARTS) is 1. The van der Waals surface area contributed by atoms with Crippen LogP contribution in [0.1, 0.15) is 52.9 Å². The maximum atomic E-state index is 12.4. The molecule has 2 saturated heterocycles. The highest BCUT2D eigenvalue weighted by atomic mass is 16.7. The summed E-state index contributed by atoms with van der Waals surface area (Å²) in [6.07, 6.45) is -7.71. The van der Waals surface area contributed by atoms with E-state index in [0.717, 1.165) is 32.6 Å². The van der Waals surface area contributed by atoms with Crippen LogP contribution >= 0.6 is 0 Å². The third kappa shape index (κ3) is 9.01. The molecule has 2 rings (SSSR count). The van der Waals surface area contributed by atoms with Gasteiger partial charge in [0.05, 0.1) is 32.0 Å². The second-order valence-corrected chi connectivity index (χ2v) is 10.0. The van der Waals surface area contributed by atoms with Gasteiger partial charge in [0.15, 0.2) is 0 Å². The number of carbonyl (C=O) groups excluding carboxylic acids is 1. The molecule has 0 spiro atoms. The standard InChI is InChI=1S/C25H45NO13/c1-4-6-8-35-21-17(31)12-37-18(22(21)36-9-7-5-2)13-38-25(24(33)34)10-15(29)19(26-14(3)28)23(39-25)20(32)16(30)11-27/h15-23,27,29-32H,4-13H2,1-3H3,(H,26,28)(H,33,34)/t15?,16-,17?,18?,19?,20-,21?,22-,23-,25?/m1/s1. The molecule has 0 aromatic rings. The van der Waals surface area contributed by atoms with E-state index in [4.69, 9.17) is 23.7 Å². The van der Waals surface area contributed by atoms with Crippen LogP contribution in [-0.4, -0.2) is 136 Å². The third-order valence-corrected chi connectivity index (χ3v) is 6.83. The van der Waals surface area contributed by atoms with Crippen molar-refractivity contribution in [2.45, 2.75) is 114 Å². The molecule has 1 amide bonds. The van der Waals surface area contributed by atoms with Crippen LogP contribution in [0.25, 0.3) is 0 Å². The largest absolute Gasteiger partial charge is 0.477 e.